The summed E-state index contributed by atoms with van der Waals surface area (Å²) in [6.45, 7) is 4.41. The molecule has 1 aromatic carbocycles. The summed E-state index contributed by atoms with van der Waals surface area (Å²) >= 11 is 0. The fraction of sp³-hybridized carbons (Fsp3) is 0.385. The predicted molar refractivity (Wildman–Crippen MR) is 65.5 cm³/mol. The molecule has 0 aliphatic carbocycles. The largest absolute Gasteiger partial charge is 0.340 e. The number of hydrogen-bond acceptors (Lipinski definition) is 2. The third-order valence-corrected chi connectivity index (χ3v) is 3.13. The maximum atomic E-state index is 13.8. The Morgan fingerprint density at radius 2 is 1.74 bits per heavy atom. The van der Waals surface area contributed by atoms with Crippen LogP contribution in [0.2, 0.25) is 0 Å². The van der Waals surface area contributed by atoms with Crippen LogP contribution in [0.4, 0.5) is 14.5 Å². The van der Waals surface area contributed by atoms with E-state index in [4.69, 9.17) is 0 Å². The first-order valence-electron chi connectivity index (χ1n) is 5.85. The van der Waals surface area contributed by atoms with E-state index in [0.29, 0.717) is 0 Å². The first-order valence-corrected chi connectivity index (χ1v) is 5.85. The highest BCUT2D eigenvalue weighted by Crippen LogP contribution is 2.29. The molecule has 0 saturated carbocycles. The minimum absolute atomic E-state index is 0.452. The Labute approximate surface area is 109 Å². The normalized spacial score (nSPS) is 22.4. The zero-order valence-corrected chi connectivity index (χ0v) is 10.8. The smallest absolute Gasteiger partial charge is 0.253 e. The van der Waals surface area contributed by atoms with Gasteiger partial charge < -0.3 is 5.32 Å². The van der Waals surface area contributed by atoms with Gasteiger partial charge >= 0.3 is 0 Å². The number of carbonyl (C=O) groups excluding carboxylic acids is 2. The van der Waals surface area contributed by atoms with E-state index >= 15 is 0 Å². The fourth-order valence-corrected chi connectivity index (χ4v) is 2.07. The van der Waals surface area contributed by atoms with Crippen LogP contribution in [0.5, 0.6) is 0 Å². The summed E-state index contributed by atoms with van der Waals surface area (Å²) in [5.74, 6) is -2.74. The Bertz CT molecular complexity index is 537. The first kappa shape index (κ1) is 13.5. The highest BCUT2D eigenvalue weighted by Gasteiger charge is 2.45. The van der Waals surface area contributed by atoms with Crippen molar-refractivity contribution >= 4 is 17.5 Å². The number of anilines is 1. The lowest BCUT2D eigenvalue weighted by Crippen LogP contribution is -2.68. The first-order chi connectivity index (χ1) is 8.75. The molecule has 1 atom stereocenters. The molecule has 1 aliphatic heterocycles. The lowest BCUT2D eigenvalue weighted by Gasteiger charge is -2.41. The van der Waals surface area contributed by atoms with Gasteiger partial charge in [0.1, 0.15) is 28.9 Å². The quantitative estimate of drug-likeness (QED) is 0.841. The maximum absolute atomic E-state index is 13.8. The Morgan fingerprint density at radius 3 is 2.26 bits per heavy atom. The van der Waals surface area contributed by atoms with Gasteiger partial charge in [-0.25, -0.2) is 8.78 Å². The molecule has 0 radical (unpaired) electrons. The van der Waals surface area contributed by atoms with E-state index in [1.807, 2.05) is 0 Å². The summed E-state index contributed by atoms with van der Waals surface area (Å²) < 4.78 is 27.6. The minimum Gasteiger partial charge on any atom is -0.340 e. The van der Waals surface area contributed by atoms with Gasteiger partial charge in [-0.05, 0) is 32.9 Å². The predicted octanol–water partition coefficient (Wildman–Crippen LogP) is 1.59. The van der Waals surface area contributed by atoms with Crippen molar-refractivity contribution in [1.29, 1.82) is 0 Å². The molecule has 1 fully saturated rings. The van der Waals surface area contributed by atoms with Crippen LogP contribution < -0.4 is 10.2 Å². The Morgan fingerprint density at radius 1 is 1.21 bits per heavy atom. The van der Waals surface area contributed by atoms with E-state index in [2.05, 4.69) is 5.32 Å². The average Bonchev–Trinajstić information content (AvgIpc) is 2.30. The van der Waals surface area contributed by atoms with E-state index in [-0.39, 0.29) is 0 Å². The molecule has 1 N–H and O–H groups in total. The molecule has 6 heteroatoms. The Kier molecular flexibility index (Phi) is 3.04. The van der Waals surface area contributed by atoms with Crippen LogP contribution in [0, 0.1) is 11.6 Å². The van der Waals surface area contributed by atoms with Crippen molar-refractivity contribution in [2.45, 2.75) is 32.4 Å². The van der Waals surface area contributed by atoms with Crippen molar-refractivity contribution in [3.63, 3.8) is 0 Å². The third-order valence-electron chi connectivity index (χ3n) is 3.13. The molecule has 1 unspecified atom stereocenters. The van der Waals surface area contributed by atoms with Crippen LogP contribution in [0.1, 0.15) is 20.8 Å². The summed E-state index contributed by atoms with van der Waals surface area (Å²) in [6, 6.07) is 2.35. The van der Waals surface area contributed by atoms with Gasteiger partial charge in [-0.15, -0.1) is 0 Å². The van der Waals surface area contributed by atoms with Gasteiger partial charge in [-0.1, -0.05) is 6.07 Å². The molecule has 1 aromatic rings. The Hall–Kier alpha value is -1.98. The van der Waals surface area contributed by atoms with E-state index < -0.39 is 40.7 Å². The van der Waals surface area contributed by atoms with Gasteiger partial charge in [0.15, 0.2) is 0 Å². The maximum Gasteiger partial charge on any atom is 0.253 e. The van der Waals surface area contributed by atoms with Crippen molar-refractivity contribution in [3.8, 4) is 0 Å². The molecule has 4 nitrogen and oxygen atoms in total. The standard InChI is InChI=1S/C13H14F2N2O2/c1-7-11(18)16-13(2,3)12(19)17(7)10-8(14)5-4-6-9(10)15/h4-7H,1-3H3,(H,16,18). The van der Waals surface area contributed by atoms with Crippen LogP contribution >= 0.6 is 0 Å². The van der Waals surface area contributed by atoms with Crippen molar-refractivity contribution in [3.05, 3.63) is 29.8 Å². The highest BCUT2D eigenvalue weighted by atomic mass is 19.1. The van der Waals surface area contributed by atoms with E-state index in [0.717, 1.165) is 17.0 Å². The number of amides is 2. The lowest BCUT2D eigenvalue weighted by atomic mass is 9.96. The van der Waals surface area contributed by atoms with Gasteiger partial charge in [-0.3, -0.25) is 14.5 Å². The summed E-state index contributed by atoms with van der Waals surface area (Å²) in [5.41, 5.74) is -1.68. The second-order valence-corrected chi connectivity index (χ2v) is 5.04. The van der Waals surface area contributed by atoms with Gasteiger partial charge in [0.2, 0.25) is 5.91 Å². The molecule has 2 amide bonds. The fourth-order valence-electron chi connectivity index (χ4n) is 2.07. The number of benzene rings is 1. The van der Waals surface area contributed by atoms with E-state index in [9.17, 15) is 18.4 Å². The van der Waals surface area contributed by atoms with Gasteiger partial charge in [0.25, 0.3) is 5.91 Å². The number of rotatable bonds is 1. The SMILES string of the molecule is CC1C(=O)NC(C)(C)C(=O)N1c1c(F)cccc1F. The molecule has 1 saturated heterocycles. The lowest BCUT2D eigenvalue weighted by molar-refractivity contribution is -0.136. The molecule has 0 bridgehead atoms. The topological polar surface area (TPSA) is 49.4 Å². The van der Waals surface area contributed by atoms with Crippen molar-refractivity contribution in [2.24, 2.45) is 0 Å². The monoisotopic (exact) mass is 268 g/mol. The van der Waals surface area contributed by atoms with E-state index in [1.165, 1.54) is 26.8 Å². The summed E-state index contributed by atoms with van der Waals surface area (Å²) in [6.07, 6.45) is 0. The molecule has 19 heavy (non-hydrogen) atoms. The molecule has 0 aromatic heterocycles. The molecular formula is C13H14F2N2O2. The molecule has 102 valence electrons. The van der Waals surface area contributed by atoms with E-state index in [1.54, 1.807) is 0 Å². The number of halogens is 2. The molecule has 1 aliphatic rings. The average molecular weight is 268 g/mol. The van der Waals surface area contributed by atoms with Crippen LogP contribution in [0.3, 0.4) is 0 Å². The van der Waals surface area contributed by atoms with Gasteiger partial charge in [0.05, 0.1) is 0 Å². The van der Waals surface area contributed by atoms with Crippen molar-refractivity contribution < 1.29 is 18.4 Å². The van der Waals surface area contributed by atoms with Gasteiger partial charge in [0, 0.05) is 0 Å². The number of piperazine rings is 1. The number of nitrogens with one attached hydrogen (secondary N) is 1. The highest BCUT2D eigenvalue weighted by molar-refractivity contribution is 6.10. The summed E-state index contributed by atoms with van der Waals surface area (Å²) in [4.78, 5) is 25.0. The summed E-state index contributed by atoms with van der Waals surface area (Å²) in [5, 5.41) is 2.52. The van der Waals surface area contributed by atoms with Crippen LogP contribution in [-0.2, 0) is 9.59 Å². The third kappa shape index (κ3) is 2.07. The number of para-hydroxylation sites is 1. The zero-order chi connectivity index (χ0) is 14.4. The van der Waals surface area contributed by atoms with Crippen LogP contribution in [-0.4, -0.2) is 23.4 Å². The van der Waals surface area contributed by atoms with Crippen LogP contribution in [0.25, 0.3) is 0 Å². The molecule has 1 heterocycles. The Balaban J connectivity index is 2.58. The van der Waals surface area contributed by atoms with Gasteiger partial charge in [-0.2, -0.15) is 0 Å². The summed E-state index contributed by atoms with van der Waals surface area (Å²) in [7, 11) is 0. The van der Waals surface area contributed by atoms with Crippen molar-refractivity contribution in [2.75, 3.05) is 4.90 Å². The van der Waals surface area contributed by atoms with Crippen LogP contribution in [0.15, 0.2) is 18.2 Å². The molecule has 2 rings (SSSR count). The number of nitrogens with zero attached hydrogens (tertiary/aromatic N) is 1. The second kappa shape index (κ2) is 4.29. The zero-order valence-electron chi connectivity index (χ0n) is 10.8. The molecule has 0 spiro atoms. The minimum atomic E-state index is -1.20. The van der Waals surface area contributed by atoms with Crippen molar-refractivity contribution in [1.82, 2.24) is 5.32 Å². The number of carbonyl (C=O) groups is 2. The number of hydrogen-bond donors (Lipinski definition) is 1. The molecular weight excluding hydrogens is 254 g/mol. The second-order valence-electron chi connectivity index (χ2n) is 5.04.